The van der Waals surface area contributed by atoms with Crippen LogP contribution in [0.1, 0.15) is 15.9 Å². The van der Waals surface area contributed by atoms with E-state index in [0.29, 0.717) is 33.7 Å². The number of fused-ring (bicyclic) bond motifs is 1. The molecule has 0 fully saturated rings. The number of carbonyl (C=O) groups excluding carboxylic acids is 1. The Morgan fingerprint density at radius 2 is 1.74 bits per heavy atom. The van der Waals surface area contributed by atoms with Crippen molar-refractivity contribution in [3.05, 3.63) is 77.6 Å². The van der Waals surface area contributed by atoms with Crippen molar-refractivity contribution in [1.82, 2.24) is 20.3 Å². The molecule has 0 saturated heterocycles. The molecule has 0 saturated carbocycles. The summed E-state index contributed by atoms with van der Waals surface area (Å²) in [4.78, 5) is 14.0. The van der Waals surface area contributed by atoms with Gasteiger partial charge in [0, 0.05) is 5.69 Å². The number of nitrogens with zero attached hydrogens (tertiary/aromatic N) is 3. The first kappa shape index (κ1) is 20.4. The zero-order chi connectivity index (χ0) is 22.0. The predicted molar refractivity (Wildman–Crippen MR) is 120 cm³/mol. The third-order valence-corrected chi connectivity index (χ3v) is 4.82. The second-order valence-electron chi connectivity index (χ2n) is 6.73. The standard InChI is InChI=1S/C22H18FN5O2S/c1-13-11-18-19(27-28(26-18)15-9-7-14(23)8-10-15)12-17(13)24-22(31)25-21(29)16-5-3-4-6-20(16)30-2/h3-12H,1-2H3,(H2,24,25,29,31). The van der Waals surface area contributed by atoms with E-state index >= 15 is 0 Å². The fourth-order valence-electron chi connectivity index (χ4n) is 3.05. The summed E-state index contributed by atoms with van der Waals surface area (Å²) >= 11 is 5.31. The second kappa shape index (κ2) is 8.49. The van der Waals surface area contributed by atoms with Crippen LogP contribution in [0.15, 0.2) is 60.7 Å². The molecule has 0 aliphatic carbocycles. The lowest BCUT2D eigenvalue weighted by atomic mass is 10.1. The number of halogens is 1. The number of hydrogen-bond acceptors (Lipinski definition) is 5. The molecule has 0 unspecified atom stereocenters. The molecular weight excluding hydrogens is 417 g/mol. The van der Waals surface area contributed by atoms with E-state index in [9.17, 15) is 9.18 Å². The second-order valence-corrected chi connectivity index (χ2v) is 7.14. The Morgan fingerprint density at radius 1 is 1.06 bits per heavy atom. The van der Waals surface area contributed by atoms with Crippen molar-refractivity contribution in [3.8, 4) is 11.4 Å². The minimum Gasteiger partial charge on any atom is -0.496 e. The maximum absolute atomic E-state index is 13.2. The van der Waals surface area contributed by atoms with E-state index in [-0.39, 0.29) is 16.8 Å². The number of amides is 1. The van der Waals surface area contributed by atoms with Crippen molar-refractivity contribution in [2.24, 2.45) is 0 Å². The monoisotopic (exact) mass is 435 g/mol. The van der Waals surface area contributed by atoms with E-state index in [1.165, 1.54) is 24.0 Å². The number of nitrogens with one attached hydrogen (secondary N) is 2. The molecule has 156 valence electrons. The van der Waals surface area contributed by atoms with Crippen LogP contribution in [0.25, 0.3) is 16.7 Å². The Hall–Kier alpha value is -3.85. The van der Waals surface area contributed by atoms with E-state index in [0.717, 1.165) is 5.56 Å². The van der Waals surface area contributed by atoms with Gasteiger partial charge in [-0.05, 0) is 73.2 Å². The summed E-state index contributed by atoms with van der Waals surface area (Å²) in [5.74, 6) is -0.250. The van der Waals surface area contributed by atoms with Gasteiger partial charge in [0.15, 0.2) is 5.11 Å². The number of methoxy groups -OCH3 is 1. The van der Waals surface area contributed by atoms with Gasteiger partial charge in [0.1, 0.15) is 22.6 Å². The molecule has 0 atom stereocenters. The van der Waals surface area contributed by atoms with E-state index in [1.54, 1.807) is 42.5 Å². The number of anilines is 1. The Morgan fingerprint density at radius 3 is 2.45 bits per heavy atom. The summed E-state index contributed by atoms with van der Waals surface area (Å²) in [6, 6.07) is 16.4. The van der Waals surface area contributed by atoms with Crippen molar-refractivity contribution in [3.63, 3.8) is 0 Å². The predicted octanol–water partition coefficient (Wildman–Crippen LogP) is 4.00. The Labute approximate surface area is 182 Å². The number of thiocarbonyl (C=S) groups is 1. The van der Waals surface area contributed by atoms with Crippen LogP contribution < -0.4 is 15.4 Å². The largest absolute Gasteiger partial charge is 0.496 e. The number of carbonyl (C=O) groups is 1. The summed E-state index contributed by atoms with van der Waals surface area (Å²) < 4.78 is 18.4. The maximum Gasteiger partial charge on any atom is 0.261 e. The first-order chi connectivity index (χ1) is 14.9. The van der Waals surface area contributed by atoms with Crippen LogP contribution in [0, 0.1) is 12.7 Å². The average molecular weight is 435 g/mol. The smallest absolute Gasteiger partial charge is 0.261 e. The summed E-state index contributed by atoms with van der Waals surface area (Å²) in [7, 11) is 1.50. The van der Waals surface area contributed by atoms with Gasteiger partial charge in [-0.15, -0.1) is 10.2 Å². The maximum atomic E-state index is 13.2. The van der Waals surface area contributed by atoms with Gasteiger partial charge in [-0.2, -0.15) is 4.80 Å². The van der Waals surface area contributed by atoms with Crippen LogP contribution in [-0.4, -0.2) is 33.1 Å². The fraction of sp³-hybridized carbons (Fsp3) is 0.0909. The number of hydrogen-bond donors (Lipinski definition) is 2. The molecule has 1 amide bonds. The average Bonchev–Trinajstić information content (AvgIpc) is 3.17. The van der Waals surface area contributed by atoms with Crippen molar-refractivity contribution in [1.29, 1.82) is 0 Å². The molecule has 0 aliphatic rings. The van der Waals surface area contributed by atoms with Crippen LogP contribution in [0.4, 0.5) is 10.1 Å². The number of benzene rings is 3. The van der Waals surface area contributed by atoms with Gasteiger partial charge in [0.2, 0.25) is 0 Å². The number of aryl methyl sites for hydroxylation is 1. The molecule has 4 aromatic rings. The van der Waals surface area contributed by atoms with Crippen LogP contribution in [0.2, 0.25) is 0 Å². The molecule has 1 aromatic heterocycles. The number of rotatable bonds is 4. The first-order valence-corrected chi connectivity index (χ1v) is 9.74. The van der Waals surface area contributed by atoms with Crippen molar-refractivity contribution >= 4 is 40.0 Å². The van der Waals surface area contributed by atoms with Gasteiger partial charge < -0.3 is 10.1 Å². The van der Waals surface area contributed by atoms with Crippen molar-refractivity contribution in [2.75, 3.05) is 12.4 Å². The lowest BCUT2D eigenvalue weighted by Gasteiger charge is -2.13. The molecule has 9 heteroatoms. The van der Waals surface area contributed by atoms with E-state index < -0.39 is 0 Å². The lowest BCUT2D eigenvalue weighted by Crippen LogP contribution is -2.34. The minimum absolute atomic E-state index is 0.143. The summed E-state index contributed by atoms with van der Waals surface area (Å²) in [6.07, 6.45) is 0. The highest BCUT2D eigenvalue weighted by Gasteiger charge is 2.14. The number of para-hydroxylation sites is 1. The normalized spacial score (nSPS) is 10.7. The SMILES string of the molecule is COc1ccccc1C(=O)NC(=S)Nc1cc2nn(-c3ccc(F)cc3)nc2cc1C. The topological polar surface area (TPSA) is 81.1 Å². The Balaban J connectivity index is 1.53. The quantitative estimate of drug-likeness (QED) is 0.472. The highest BCUT2D eigenvalue weighted by Crippen LogP contribution is 2.22. The zero-order valence-electron chi connectivity index (χ0n) is 16.7. The van der Waals surface area contributed by atoms with Gasteiger partial charge in [-0.1, -0.05) is 12.1 Å². The van der Waals surface area contributed by atoms with Crippen molar-refractivity contribution in [2.45, 2.75) is 6.92 Å². The summed E-state index contributed by atoms with van der Waals surface area (Å²) in [5, 5.41) is 14.7. The third kappa shape index (κ3) is 4.36. The summed E-state index contributed by atoms with van der Waals surface area (Å²) in [6.45, 7) is 1.89. The van der Waals surface area contributed by atoms with Gasteiger partial charge in [-0.3, -0.25) is 10.1 Å². The molecule has 0 spiro atoms. The van der Waals surface area contributed by atoms with Crippen LogP contribution in [0.3, 0.4) is 0 Å². The molecule has 1 heterocycles. The summed E-state index contributed by atoms with van der Waals surface area (Å²) in [5.41, 5.74) is 3.87. The van der Waals surface area contributed by atoms with Gasteiger partial charge in [0.25, 0.3) is 5.91 Å². The molecule has 0 aliphatic heterocycles. The molecule has 2 N–H and O–H groups in total. The number of aromatic nitrogens is 3. The molecule has 3 aromatic carbocycles. The van der Waals surface area contributed by atoms with Crippen LogP contribution >= 0.6 is 12.2 Å². The van der Waals surface area contributed by atoms with E-state index in [4.69, 9.17) is 17.0 Å². The van der Waals surface area contributed by atoms with E-state index in [2.05, 4.69) is 20.8 Å². The van der Waals surface area contributed by atoms with Crippen LogP contribution in [0.5, 0.6) is 5.75 Å². The first-order valence-electron chi connectivity index (χ1n) is 9.33. The van der Waals surface area contributed by atoms with E-state index in [1.807, 2.05) is 13.0 Å². The molecule has 0 radical (unpaired) electrons. The van der Waals surface area contributed by atoms with Crippen molar-refractivity contribution < 1.29 is 13.9 Å². The Bertz CT molecular complexity index is 1290. The molecule has 7 nitrogen and oxygen atoms in total. The highest BCUT2D eigenvalue weighted by molar-refractivity contribution is 7.80. The lowest BCUT2D eigenvalue weighted by molar-refractivity contribution is 0.0975. The molecular formula is C22H18FN5O2S. The molecule has 4 rings (SSSR count). The van der Waals surface area contributed by atoms with Crippen LogP contribution in [-0.2, 0) is 0 Å². The molecule has 31 heavy (non-hydrogen) atoms. The minimum atomic E-state index is -0.379. The van der Waals surface area contributed by atoms with Gasteiger partial charge in [0.05, 0.1) is 18.4 Å². The number of ether oxygens (including phenoxy) is 1. The third-order valence-electron chi connectivity index (χ3n) is 4.61. The van der Waals surface area contributed by atoms with Gasteiger partial charge >= 0.3 is 0 Å². The zero-order valence-corrected chi connectivity index (χ0v) is 17.5. The highest BCUT2D eigenvalue weighted by atomic mass is 32.1. The fourth-order valence-corrected chi connectivity index (χ4v) is 3.25. The molecule has 0 bridgehead atoms. The Kier molecular flexibility index (Phi) is 5.59. The van der Waals surface area contributed by atoms with Gasteiger partial charge in [-0.25, -0.2) is 4.39 Å².